The van der Waals surface area contributed by atoms with Gasteiger partial charge in [0, 0.05) is 24.5 Å². The summed E-state index contributed by atoms with van der Waals surface area (Å²) in [4.78, 5) is 0. The van der Waals surface area contributed by atoms with Crippen molar-refractivity contribution in [3.05, 3.63) is 50.7 Å². The van der Waals surface area contributed by atoms with E-state index >= 15 is 0 Å². The topological polar surface area (TPSA) is 29.9 Å². The van der Waals surface area contributed by atoms with Gasteiger partial charge in [-0.1, -0.05) is 23.7 Å². The van der Waals surface area contributed by atoms with Crippen LogP contribution >= 0.6 is 27.5 Å². The van der Waals surface area contributed by atoms with Crippen molar-refractivity contribution < 1.29 is 0 Å². The fraction of sp³-hybridized carbons (Fsp3) is 0.357. The average molecular weight is 343 g/mol. The zero-order valence-corrected chi connectivity index (χ0v) is 13.6. The molecule has 0 saturated carbocycles. The standard InChI is InChI=1S/C14H17BrClN3/c1-9-14(15)13(19(3)18-9)8-12(17-2)10-5-4-6-11(16)7-10/h4-7,12,17H,8H2,1-3H3. The lowest BCUT2D eigenvalue weighted by atomic mass is 10.0. The first-order chi connectivity index (χ1) is 9.02. The predicted molar refractivity (Wildman–Crippen MR) is 82.6 cm³/mol. The van der Waals surface area contributed by atoms with Crippen LogP contribution in [0, 0.1) is 6.92 Å². The van der Waals surface area contributed by atoms with Crippen molar-refractivity contribution in [3.63, 3.8) is 0 Å². The third-order valence-electron chi connectivity index (χ3n) is 3.26. The van der Waals surface area contributed by atoms with E-state index in [1.807, 2.05) is 43.9 Å². The Kier molecular flexibility index (Phi) is 4.66. The Morgan fingerprint density at radius 2 is 2.21 bits per heavy atom. The summed E-state index contributed by atoms with van der Waals surface area (Å²) < 4.78 is 3.01. The molecule has 102 valence electrons. The van der Waals surface area contributed by atoms with Gasteiger partial charge in [0.1, 0.15) is 0 Å². The van der Waals surface area contributed by atoms with E-state index in [4.69, 9.17) is 11.6 Å². The molecule has 0 spiro atoms. The number of likely N-dealkylation sites (N-methyl/N-ethyl adjacent to an activating group) is 1. The minimum atomic E-state index is 0.213. The Balaban J connectivity index is 2.29. The molecule has 1 unspecified atom stereocenters. The number of hydrogen-bond donors (Lipinski definition) is 1. The smallest absolute Gasteiger partial charge is 0.0738 e. The highest BCUT2D eigenvalue weighted by Crippen LogP contribution is 2.26. The van der Waals surface area contributed by atoms with Gasteiger partial charge < -0.3 is 5.32 Å². The molecule has 0 amide bonds. The zero-order chi connectivity index (χ0) is 14.0. The van der Waals surface area contributed by atoms with Crippen LogP contribution in [0.4, 0.5) is 0 Å². The molecule has 1 atom stereocenters. The molecular formula is C14H17BrClN3. The summed E-state index contributed by atoms with van der Waals surface area (Å²) in [5, 5.41) is 8.52. The maximum atomic E-state index is 6.06. The molecule has 5 heteroatoms. The van der Waals surface area contributed by atoms with E-state index in [9.17, 15) is 0 Å². The Morgan fingerprint density at radius 1 is 1.47 bits per heavy atom. The average Bonchev–Trinajstić information content (AvgIpc) is 2.61. The van der Waals surface area contributed by atoms with Crippen LogP contribution < -0.4 is 5.32 Å². The number of aromatic nitrogens is 2. The minimum absolute atomic E-state index is 0.213. The van der Waals surface area contributed by atoms with Crippen molar-refractivity contribution in [1.29, 1.82) is 0 Å². The van der Waals surface area contributed by atoms with Crippen LogP contribution in [0.1, 0.15) is 23.0 Å². The van der Waals surface area contributed by atoms with Crippen LogP contribution in [0.3, 0.4) is 0 Å². The van der Waals surface area contributed by atoms with Gasteiger partial charge in [0.25, 0.3) is 0 Å². The Labute approximate surface area is 127 Å². The highest BCUT2D eigenvalue weighted by Gasteiger charge is 2.17. The number of nitrogens with one attached hydrogen (secondary N) is 1. The molecule has 1 heterocycles. The Hall–Kier alpha value is -0.840. The lowest BCUT2D eigenvalue weighted by Crippen LogP contribution is -2.20. The number of rotatable bonds is 4. The van der Waals surface area contributed by atoms with Crippen molar-refractivity contribution in [3.8, 4) is 0 Å². The van der Waals surface area contributed by atoms with Crippen molar-refractivity contribution in [2.45, 2.75) is 19.4 Å². The van der Waals surface area contributed by atoms with Crippen molar-refractivity contribution in [2.24, 2.45) is 7.05 Å². The van der Waals surface area contributed by atoms with Gasteiger partial charge >= 0.3 is 0 Å². The molecule has 1 aromatic carbocycles. The van der Waals surface area contributed by atoms with Gasteiger partial charge in [-0.25, -0.2) is 0 Å². The molecule has 0 fully saturated rings. The van der Waals surface area contributed by atoms with Gasteiger partial charge in [0.05, 0.1) is 15.9 Å². The second-order valence-electron chi connectivity index (χ2n) is 4.57. The third kappa shape index (κ3) is 3.19. The third-order valence-corrected chi connectivity index (χ3v) is 4.53. The lowest BCUT2D eigenvalue weighted by Gasteiger charge is -2.17. The molecule has 19 heavy (non-hydrogen) atoms. The summed E-state index contributed by atoms with van der Waals surface area (Å²) >= 11 is 9.67. The Bertz CT molecular complexity index is 580. The summed E-state index contributed by atoms with van der Waals surface area (Å²) in [6.45, 7) is 2.00. The first-order valence-corrected chi connectivity index (χ1v) is 7.30. The highest BCUT2D eigenvalue weighted by molar-refractivity contribution is 9.10. The maximum absolute atomic E-state index is 6.06. The molecule has 1 N–H and O–H groups in total. The first kappa shape index (κ1) is 14.6. The van der Waals surface area contributed by atoms with E-state index in [0.29, 0.717) is 0 Å². The highest BCUT2D eigenvalue weighted by atomic mass is 79.9. The molecule has 0 aliphatic heterocycles. The van der Waals surface area contributed by atoms with E-state index in [1.54, 1.807) is 0 Å². The summed E-state index contributed by atoms with van der Waals surface area (Å²) in [6, 6.07) is 8.17. The number of hydrogen-bond acceptors (Lipinski definition) is 2. The molecule has 1 aromatic heterocycles. The fourth-order valence-corrected chi connectivity index (χ4v) is 2.90. The minimum Gasteiger partial charge on any atom is -0.313 e. The van der Waals surface area contributed by atoms with Crippen LogP contribution in [-0.4, -0.2) is 16.8 Å². The second kappa shape index (κ2) is 6.07. The normalized spacial score (nSPS) is 12.7. The lowest BCUT2D eigenvalue weighted by molar-refractivity contribution is 0.560. The van der Waals surface area contributed by atoms with Gasteiger partial charge in [-0.05, 0) is 47.6 Å². The number of aryl methyl sites for hydroxylation is 2. The van der Waals surface area contributed by atoms with Crippen molar-refractivity contribution in [2.75, 3.05) is 7.05 Å². The Morgan fingerprint density at radius 3 is 2.74 bits per heavy atom. The van der Waals surface area contributed by atoms with E-state index in [-0.39, 0.29) is 6.04 Å². The molecular weight excluding hydrogens is 326 g/mol. The first-order valence-electron chi connectivity index (χ1n) is 6.13. The van der Waals surface area contributed by atoms with Gasteiger partial charge in [0.2, 0.25) is 0 Å². The summed E-state index contributed by atoms with van der Waals surface area (Å²) in [5.74, 6) is 0. The predicted octanol–water partition coefficient (Wildman–Crippen LogP) is 3.65. The number of nitrogens with zero attached hydrogens (tertiary/aromatic N) is 2. The molecule has 2 aromatic rings. The molecule has 2 rings (SSSR count). The van der Waals surface area contributed by atoms with Gasteiger partial charge in [-0.15, -0.1) is 0 Å². The van der Waals surface area contributed by atoms with E-state index in [1.165, 1.54) is 11.3 Å². The summed E-state index contributed by atoms with van der Waals surface area (Å²) in [7, 11) is 3.93. The van der Waals surface area contributed by atoms with Gasteiger partial charge in [0.15, 0.2) is 0 Å². The van der Waals surface area contributed by atoms with E-state index in [0.717, 1.165) is 21.6 Å². The molecule has 0 aliphatic carbocycles. The van der Waals surface area contributed by atoms with Gasteiger partial charge in [-0.3, -0.25) is 4.68 Å². The molecule has 3 nitrogen and oxygen atoms in total. The van der Waals surface area contributed by atoms with E-state index in [2.05, 4.69) is 32.4 Å². The second-order valence-corrected chi connectivity index (χ2v) is 5.80. The molecule has 0 saturated heterocycles. The van der Waals surface area contributed by atoms with Crippen LogP contribution in [-0.2, 0) is 13.5 Å². The van der Waals surface area contributed by atoms with Crippen LogP contribution in [0.2, 0.25) is 5.02 Å². The van der Waals surface area contributed by atoms with Crippen molar-refractivity contribution in [1.82, 2.24) is 15.1 Å². The van der Waals surface area contributed by atoms with Crippen LogP contribution in [0.25, 0.3) is 0 Å². The van der Waals surface area contributed by atoms with Crippen LogP contribution in [0.15, 0.2) is 28.7 Å². The van der Waals surface area contributed by atoms with Gasteiger partial charge in [-0.2, -0.15) is 5.10 Å². The van der Waals surface area contributed by atoms with E-state index < -0.39 is 0 Å². The van der Waals surface area contributed by atoms with Crippen molar-refractivity contribution >= 4 is 27.5 Å². The molecule has 0 radical (unpaired) electrons. The maximum Gasteiger partial charge on any atom is 0.0738 e. The summed E-state index contributed by atoms with van der Waals surface area (Å²) in [6.07, 6.45) is 0.856. The monoisotopic (exact) mass is 341 g/mol. The number of halogens is 2. The number of benzene rings is 1. The fourth-order valence-electron chi connectivity index (χ4n) is 2.21. The zero-order valence-electron chi connectivity index (χ0n) is 11.2. The van der Waals surface area contributed by atoms with Crippen LogP contribution in [0.5, 0.6) is 0 Å². The quantitative estimate of drug-likeness (QED) is 0.919. The SMILES string of the molecule is CNC(Cc1c(Br)c(C)nn1C)c1cccc(Cl)c1. The summed E-state index contributed by atoms with van der Waals surface area (Å²) in [5.41, 5.74) is 3.37. The largest absolute Gasteiger partial charge is 0.313 e. The molecule has 0 bridgehead atoms. The molecule has 0 aliphatic rings.